The van der Waals surface area contributed by atoms with Gasteiger partial charge in [-0.2, -0.15) is 4.98 Å². The van der Waals surface area contributed by atoms with Gasteiger partial charge in [-0.15, -0.1) is 0 Å². The molecule has 132 valence electrons. The van der Waals surface area contributed by atoms with Crippen LogP contribution >= 0.6 is 0 Å². The summed E-state index contributed by atoms with van der Waals surface area (Å²) in [5.74, 6) is 2.21. The molecule has 1 aliphatic heterocycles. The Morgan fingerprint density at radius 2 is 2.00 bits per heavy atom. The van der Waals surface area contributed by atoms with Crippen molar-refractivity contribution in [3.05, 3.63) is 30.0 Å². The highest BCUT2D eigenvalue weighted by Gasteiger charge is 2.14. The number of rotatable bonds is 6. The summed E-state index contributed by atoms with van der Waals surface area (Å²) in [6.07, 6.45) is 2.15. The summed E-state index contributed by atoms with van der Waals surface area (Å²) in [7, 11) is 0. The van der Waals surface area contributed by atoms with Crippen molar-refractivity contribution in [2.75, 3.05) is 29.3 Å². The summed E-state index contributed by atoms with van der Waals surface area (Å²) >= 11 is 0. The van der Waals surface area contributed by atoms with Crippen LogP contribution < -0.4 is 25.4 Å². The molecule has 0 saturated heterocycles. The average Bonchev–Trinajstić information content (AvgIpc) is 3.02. The normalized spacial score (nSPS) is 11.9. The third-order valence-corrected chi connectivity index (χ3v) is 3.55. The number of hydrogen-bond donors (Lipinski definition) is 3. The number of benzene rings is 1. The quantitative estimate of drug-likeness (QED) is 0.696. The van der Waals surface area contributed by atoms with Crippen molar-refractivity contribution in [3.8, 4) is 11.5 Å². The van der Waals surface area contributed by atoms with Gasteiger partial charge in [-0.1, -0.05) is 13.3 Å². The van der Waals surface area contributed by atoms with E-state index in [1.165, 1.54) is 0 Å². The molecule has 2 heterocycles. The summed E-state index contributed by atoms with van der Waals surface area (Å²) in [6, 6.07) is 6.61. The third kappa shape index (κ3) is 4.50. The lowest BCUT2D eigenvalue weighted by Gasteiger charge is -2.10. The first-order valence-electron chi connectivity index (χ1n) is 8.21. The molecule has 25 heavy (non-hydrogen) atoms. The van der Waals surface area contributed by atoms with E-state index in [0.29, 0.717) is 23.0 Å². The van der Waals surface area contributed by atoms with E-state index in [0.717, 1.165) is 25.1 Å². The first kappa shape index (κ1) is 16.8. The van der Waals surface area contributed by atoms with Gasteiger partial charge in [0.15, 0.2) is 11.5 Å². The SMILES string of the molecule is CCCCNc1cc(C)nc(NC(=O)Nc2ccc3c(c2)OCO3)n1. The number of hydrogen-bond acceptors (Lipinski definition) is 6. The van der Waals surface area contributed by atoms with E-state index in [-0.39, 0.29) is 12.7 Å². The Morgan fingerprint density at radius 1 is 1.16 bits per heavy atom. The fraction of sp³-hybridized carbons (Fsp3) is 0.353. The van der Waals surface area contributed by atoms with E-state index in [9.17, 15) is 4.79 Å². The molecule has 0 radical (unpaired) electrons. The van der Waals surface area contributed by atoms with Gasteiger partial charge in [0.2, 0.25) is 12.7 Å². The van der Waals surface area contributed by atoms with Crippen LogP contribution in [0.25, 0.3) is 0 Å². The molecule has 1 aromatic carbocycles. The van der Waals surface area contributed by atoms with Crippen LogP contribution in [0.5, 0.6) is 11.5 Å². The van der Waals surface area contributed by atoms with E-state index in [2.05, 4.69) is 32.8 Å². The molecule has 8 nitrogen and oxygen atoms in total. The summed E-state index contributed by atoms with van der Waals surface area (Å²) < 4.78 is 10.5. The first-order chi connectivity index (χ1) is 12.1. The van der Waals surface area contributed by atoms with E-state index < -0.39 is 6.03 Å². The van der Waals surface area contributed by atoms with Crippen LogP contribution in [0.3, 0.4) is 0 Å². The lowest BCUT2D eigenvalue weighted by Crippen LogP contribution is -2.21. The van der Waals surface area contributed by atoms with Crippen LogP contribution in [-0.4, -0.2) is 29.3 Å². The highest BCUT2D eigenvalue weighted by molar-refractivity contribution is 5.98. The lowest BCUT2D eigenvalue weighted by atomic mass is 10.3. The first-order valence-corrected chi connectivity index (χ1v) is 8.21. The predicted molar refractivity (Wildman–Crippen MR) is 95.4 cm³/mol. The number of nitrogens with one attached hydrogen (secondary N) is 3. The van der Waals surface area contributed by atoms with Gasteiger partial charge in [0.05, 0.1) is 0 Å². The summed E-state index contributed by atoms with van der Waals surface area (Å²) in [5, 5.41) is 8.60. The fourth-order valence-corrected chi connectivity index (χ4v) is 2.35. The van der Waals surface area contributed by atoms with Gasteiger partial charge in [-0.05, 0) is 25.5 Å². The molecule has 0 fully saturated rings. The van der Waals surface area contributed by atoms with E-state index >= 15 is 0 Å². The number of unbranched alkanes of at least 4 members (excludes halogenated alkanes) is 1. The van der Waals surface area contributed by atoms with Crippen LogP contribution in [0, 0.1) is 6.92 Å². The molecule has 0 unspecified atom stereocenters. The zero-order chi connectivity index (χ0) is 17.6. The average molecular weight is 343 g/mol. The molecule has 0 aliphatic carbocycles. The molecule has 8 heteroatoms. The molecule has 0 spiro atoms. The smallest absolute Gasteiger partial charge is 0.326 e. The Morgan fingerprint density at radius 3 is 2.84 bits per heavy atom. The van der Waals surface area contributed by atoms with Crippen LogP contribution in [-0.2, 0) is 0 Å². The molecular weight excluding hydrogens is 322 g/mol. The van der Waals surface area contributed by atoms with E-state index in [1.54, 1.807) is 18.2 Å². The second-order valence-corrected chi connectivity index (χ2v) is 5.65. The zero-order valence-electron chi connectivity index (χ0n) is 14.3. The number of ether oxygens (including phenoxy) is 2. The maximum absolute atomic E-state index is 12.2. The Hall–Kier alpha value is -3.03. The number of amides is 2. The number of aromatic nitrogens is 2. The minimum Gasteiger partial charge on any atom is -0.454 e. The second-order valence-electron chi connectivity index (χ2n) is 5.65. The Balaban J connectivity index is 1.62. The van der Waals surface area contributed by atoms with Crippen LogP contribution in [0.4, 0.5) is 22.2 Å². The number of nitrogens with zero attached hydrogens (tertiary/aromatic N) is 2. The van der Waals surface area contributed by atoms with Gasteiger partial charge < -0.3 is 20.1 Å². The summed E-state index contributed by atoms with van der Waals surface area (Å²) in [6.45, 7) is 5.00. The highest BCUT2D eigenvalue weighted by Crippen LogP contribution is 2.34. The molecule has 3 N–H and O–H groups in total. The largest absolute Gasteiger partial charge is 0.454 e. The fourth-order valence-electron chi connectivity index (χ4n) is 2.35. The molecule has 2 aromatic rings. The van der Waals surface area contributed by atoms with Crippen LogP contribution in [0.2, 0.25) is 0 Å². The van der Waals surface area contributed by atoms with Crippen LogP contribution in [0.15, 0.2) is 24.3 Å². The van der Waals surface area contributed by atoms with Gasteiger partial charge >= 0.3 is 6.03 Å². The Labute approximate surface area is 146 Å². The van der Waals surface area contributed by atoms with Crippen molar-refractivity contribution < 1.29 is 14.3 Å². The number of fused-ring (bicyclic) bond motifs is 1. The van der Waals surface area contributed by atoms with Crippen molar-refractivity contribution in [3.63, 3.8) is 0 Å². The van der Waals surface area contributed by atoms with Crippen molar-refractivity contribution in [2.24, 2.45) is 0 Å². The molecule has 1 aliphatic rings. The maximum atomic E-state index is 12.2. The zero-order valence-corrected chi connectivity index (χ0v) is 14.3. The minimum absolute atomic E-state index is 0.190. The summed E-state index contributed by atoms with van der Waals surface area (Å²) in [4.78, 5) is 20.7. The number of aryl methyl sites for hydroxylation is 1. The molecular formula is C17H21N5O3. The second kappa shape index (κ2) is 7.69. The predicted octanol–water partition coefficient (Wildman–Crippen LogP) is 3.37. The molecule has 1 aromatic heterocycles. The number of anilines is 3. The van der Waals surface area contributed by atoms with Gasteiger partial charge in [0.25, 0.3) is 0 Å². The van der Waals surface area contributed by atoms with Gasteiger partial charge in [-0.3, -0.25) is 5.32 Å². The molecule has 0 saturated carbocycles. The number of urea groups is 1. The third-order valence-electron chi connectivity index (χ3n) is 3.55. The van der Waals surface area contributed by atoms with Gasteiger partial charge in [-0.25, -0.2) is 9.78 Å². The number of carbonyl (C=O) groups is 1. The molecule has 2 amide bonds. The highest BCUT2D eigenvalue weighted by atomic mass is 16.7. The molecule has 0 atom stereocenters. The van der Waals surface area contributed by atoms with Crippen molar-refractivity contribution in [2.45, 2.75) is 26.7 Å². The van der Waals surface area contributed by atoms with E-state index in [1.807, 2.05) is 13.0 Å². The monoisotopic (exact) mass is 343 g/mol. The van der Waals surface area contributed by atoms with Crippen molar-refractivity contribution in [1.29, 1.82) is 0 Å². The molecule has 0 bridgehead atoms. The van der Waals surface area contributed by atoms with Crippen molar-refractivity contribution >= 4 is 23.5 Å². The molecule has 3 rings (SSSR count). The Kier molecular flexibility index (Phi) is 5.17. The standard InChI is InChI=1S/C17H21N5O3/c1-3-4-7-18-15-8-11(2)19-16(21-15)22-17(23)20-12-5-6-13-14(9-12)25-10-24-13/h5-6,8-9H,3-4,7,10H2,1-2H3,(H3,18,19,20,21,22,23). The van der Waals surface area contributed by atoms with Gasteiger partial charge in [0, 0.05) is 30.1 Å². The minimum atomic E-state index is -0.427. The van der Waals surface area contributed by atoms with Crippen molar-refractivity contribution in [1.82, 2.24) is 9.97 Å². The summed E-state index contributed by atoms with van der Waals surface area (Å²) in [5.41, 5.74) is 1.36. The van der Waals surface area contributed by atoms with E-state index in [4.69, 9.17) is 9.47 Å². The van der Waals surface area contributed by atoms with Gasteiger partial charge in [0.1, 0.15) is 5.82 Å². The maximum Gasteiger partial charge on any atom is 0.326 e. The number of carbonyl (C=O) groups excluding carboxylic acids is 1. The van der Waals surface area contributed by atoms with Crippen LogP contribution in [0.1, 0.15) is 25.5 Å². The topological polar surface area (TPSA) is 97.4 Å². The lowest BCUT2D eigenvalue weighted by molar-refractivity contribution is 0.174. The Bertz CT molecular complexity index is 766.